The second kappa shape index (κ2) is 11.2. The number of benzene rings is 2. The highest BCUT2D eigenvalue weighted by Gasteiger charge is 2.22. The molecule has 0 radical (unpaired) electrons. The number of fused-ring (bicyclic) bond motifs is 1. The highest BCUT2D eigenvalue weighted by atomic mass is 32.1. The number of carbonyl (C=O) groups excluding carboxylic acids is 3. The highest BCUT2D eigenvalue weighted by molar-refractivity contribution is 7.20. The molecule has 0 aliphatic carbocycles. The van der Waals surface area contributed by atoms with E-state index in [0.717, 1.165) is 15.6 Å². The maximum atomic E-state index is 13.2. The summed E-state index contributed by atoms with van der Waals surface area (Å²) in [6.07, 6.45) is 1.94. The Morgan fingerprint density at radius 3 is 2.51 bits per heavy atom. The Hall–Kier alpha value is -4.28. The molecule has 4 aromatic rings. The molecule has 2 aromatic carbocycles. The second-order valence-corrected chi connectivity index (χ2v) is 8.77. The molecule has 0 fully saturated rings. The summed E-state index contributed by atoms with van der Waals surface area (Å²) in [5.74, 6) is -0.981. The van der Waals surface area contributed by atoms with Gasteiger partial charge < -0.3 is 16.0 Å². The van der Waals surface area contributed by atoms with Crippen molar-refractivity contribution in [2.45, 2.75) is 19.0 Å². The second-order valence-electron chi connectivity index (χ2n) is 7.68. The molecule has 0 bridgehead atoms. The van der Waals surface area contributed by atoms with E-state index in [4.69, 9.17) is 5.21 Å². The Morgan fingerprint density at radius 1 is 0.971 bits per heavy atom. The van der Waals surface area contributed by atoms with Crippen LogP contribution in [0.2, 0.25) is 0 Å². The van der Waals surface area contributed by atoms with Gasteiger partial charge in [0.15, 0.2) is 0 Å². The van der Waals surface area contributed by atoms with Crippen molar-refractivity contribution in [3.8, 4) is 0 Å². The van der Waals surface area contributed by atoms with Crippen molar-refractivity contribution in [3.63, 3.8) is 0 Å². The fraction of sp³-hybridized carbons (Fsp3) is 0.120. The third kappa shape index (κ3) is 6.40. The lowest BCUT2D eigenvalue weighted by Gasteiger charge is -2.19. The number of rotatable bonds is 8. The van der Waals surface area contributed by atoms with Crippen molar-refractivity contribution < 1.29 is 19.6 Å². The number of urea groups is 1. The molecule has 0 saturated heterocycles. The molecule has 2 aromatic heterocycles. The Bertz CT molecular complexity index is 1330. The fourth-order valence-corrected chi connectivity index (χ4v) is 4.39. The number of aromatic nitrogens is 1. The first-order valence-electron chi connectivity index (χ1n) is 10.8. The Labute approximate surface area is 205 Å². The lowest BCUT2D eigenvalue weighted by atomic mass is 10.1. The van der Waals surface area contributed by atoms with Crippen LogP contribution in [0.5, 0.6) is 0 Å². The number of nitrogens with zero attached hydrogens (tertiary/aromatic N) is 1. The average Bonchev–Trinajstić information content (AvgIpc) is 3.31. The molecule has 4 amide bonds. The fourth-order valence-electron chi connectivity index (χ4n) is 3.46. The SMILES string of the molecule is O=C(NCc1ccccn1)N[C@@H](Cc1ccccc1)C(=O)Nc1ccc2sc(C(=O)NO)cc2c1. The summed E-state index contributed by atoms with van der Waals surface area (Å²) in [5.41, 5.74) is 3.73. The van der Waals surface area contributed by atoms with E-state index in [1.54, 1.807) is 48.1 Å². The van der Waals surface area contributed by atoms with Crippen molar-refractivity contribution in [2.75, 3.05) is 5.32 Å². The number of hydrogen-bond donors (Lipinski definition) is 5. The monoisotopic (exact) mass is 489 g/mol. The van der Waals surface area contributed by atoms with Gasteiger partial charge in [-0.3, -0.25) is 19.8 Å². The van der Waals surface area contributed by atoms with Gasteiger partial charge in [0.1, 0.15) is 6.04 Å². The molecule has 0 unspecified atom stereocenters. The van der Waals surface area contributed by atoms with E-state index in [1.165, 1.54) is 11.3 Å². The van der Waals surface area contributed by atoms with E-state index in [-0.39, 0.29) is 12.5 Å². The van der Waals surface area contributed by atoms with Gasteiger partial charge in [-0.2, -0.15) is 0 Å². The summed E-state index contributed by atoms with van der Waals surface area (Å²) < 4.78 is 0.828. The molecule has 1 atom stereocenters. The Balaban J connectivity index is 1.47. The van der Waals surface area contributed by atoms with E-state index >= 15 is 0 Å². The van der Waals surface area contributed by atoms with Crippen LogP contribution in [0.25, 0.3) is 10.1 Å². The van der Waals surface area contributed by atoms with Crippen molar-refractivity contribution >= 4 is 45.0 Å². The summed E-state index contributed by atoms with van der Waals surface area (Å²) in [7, 11) is 0. The highest BCUT2D eigenvalue weighted by Crippen LogP contribution is 2.28. The number of thiophene rings is 1. The topological polar surface area (TPSA) is 132 Å². The number of hydrogen-bond acceptors (Lipinski definition) is 6. The summed E-state index contributed by atoms with van der Waals surface area (Å²) in [4.78, 5) is 41.9. The zero-order valence-electron chi connectivity index (χ0n) is 18.5. The maximum absolute atomic E-state index is 13.2. The first-order valence-corrected chi connectivity index (χ1v) is 11.6. The van der Waals surface area contributed by atoms with Gasteiger partial charge in [-0.25, -0.2) is 10.3 Å². The molecule has 0 aliphatic rings. The molecule has 0 saturated carbocycles. The minimum Gasteiger partial charge on any atom is -0.332 e. The van der Waals surface area contributed by atoms with Crippen LogP contribution >= 0.6 is 11.3 Å². The van der Waals surface area contributed by atoms with Gasteiger partial charge in [0.25, 0.3) is 5.91 Å². The summed E-state index contributed by atoms with van der Waals surface area (Å²) in [6, 6.07) is 20.4. The van der Waals surface area contributed by atoms with E-state index in [0.29, 0.717) is 22.7 Å². The van der Waals surface area contributed by atoms with Gasteiger partial charge in [0.05, 0.1) is 17.1 Å². The zero-order chi connectivity index (χ0) is 24.6. The van der Waals surface area contributed by atoms with Gasteiger partial charge in [-0.05, 0) is 47.3 Å². The molecular weight excluding hydrogens is 466 g/mol. The van der Waals surface area contributed by atoms with Crippen molar-refractivity contribution in [1.82, 2.24) is 21.1 Å². The Morgan fingerprint density at radius 2 is 1.77 bits per heavy atom. The summed E-state index contributed by atoms with van der Waals surface area (Å²) >= 11 is 1.22. The summed E-state index contributed by atoms with van der Waals surface area (Å²) in [6.45, 7) is 0.227. The number of carbonyl (C=O) groups is 3. The van der Waals surface area contributed by atoms with E-state index in [2.05, 4.69) is 20.9 Å². The predicted octanol–water partition coefficient (Wildman–Crippen LogP) is 3.46. The van der Waals surface area contributed by atoms with Crippen molar-refractivity contribution in [1.29, 1.82) is 0 Å². The number of nitrogens with one attached hydrogen (secondary N) is 4. The van der Waals surface area contributed by atoms with Crippen LogP contribution in [-0.2, 0) is 17.8 Å². The third-order valence-corrected chi connectivity index (χ3v) is 6.28. The minimum atomic E-state index is -0.838. The van der Waals surface area contributed by atoms with Gasteiger partial charge >= 0.3 is 6.03 Å². The zero-order valence-corrected chi connectivity index (χ0v) is 19.3. The van der Waals surface area contributed by atoms with Crippen molar-refractivity contribution in [2.24, 2.45) is 0 Å². The maximum Gasteiger partial charge on any atom is 0.315 e. The van der Waals surface area contributed by atoms with Crippen LogP contribution in [0.3, 0.4) is 0 Å². The lowest BCUT2D eigenvalue weighted by molar-refractivity contribution is -0.117. The largest absolute Gasteiger partial charge is 0.332 e. The molecule has 4 rings (SSSR count). The first-order chi connectivity index (χ1) is 17.0. The average molecular weight is 490 g/mol. The van der Waals surface area contributed by atoms with Crippen LogP contribution in [0.4, 0.5) is 10.5 Å². The van der Waals surface area contributed by atoms with Crippen LogP contribution in [0.1, 0.15) is 20.9 Å². The quantitative estimate of drug-likeness (QED) is 0.191. The third-order valence-electron chi connectivity index (χ3n) is 5.17. The van der Waals surface area contributed by atoms with Crippen LogP contribution in [-0.4, -0.2) is 34.1 Å². The molecule has 0 spiro atoms. The van der Waals surface area contributed by atoms with Crippen LogP contribution in [0, 0.1) is 0 Å². The lowest BCUT2D eigenvalue weighted by Crippen LogP contribution is -2.49. The van der Waals surface area contributed by atoms with Crippen LogP contribution < -0.4 is 21.4 Å². The smallest absolute Gasteiger partial charge is 0.315 e. The molecule has 9 nitrogen and oxygen atoms in total. The van der Waals surface area contributed by atoms with Gasteiger partial charge in [0.2, 0.25) is 5.91 Å². The molecule has 2 heterocycles. The number of anilines is 1. The molecular formula is C25H23N5O4S. The minimum absolute atomic E-state index is 0.227. The summed E-state index contributed by atoms with van der Waals surface area (Å²) in [5, 5.41) is 17.9. The van der Waals surface area contributed by atoms with E-state index in [9.17, 15) is 14.4 Å². The molecule has 10 heteroatoms. The Kier molecular flexibility index (Phi) is 7.66. The number of pyridine rings is 1. The predicted molar refractivity (Wildman–Crippen MR) is 133 cm³/mol. The molecule has 178 valence electrons. The van der Waals surface area contributed by atoms with E-state index in [1.807, 2.05) is 36.4 Å². The number of amides is 4. The standard InChI is InChI=1S/C25H23N5O4S/c31-23(28-18-9-10-21-17(13-18)14-22(35-21)24(32)30-34)20(12-16-6-2-1-3-7-16)29-25(33)27-15-19-8-4-5-11-26-19/h1-11,13-14,20,34H,12,15H2,(H,28,31)(H,30,32)(H2,27,29,33)/t20-/m0/s1. The normalized spacial score (nSPS) is 11.5. The molecule has 0 aliphatic heterocycles. The molecule has 35 heavy (non-hydrogen) atoms. The van der Waals surface area contributed by atoms with Gasteiger partial charge in [-0.1, -0.05) is 36.4 Å². The van der Waals surface area contributed by atoms with E-state index < -0.39 is 18.0 Å². The first kappa shape index (κ1) is 23.9. The van der Waals surface area contributed by atoms with Crippen LogP contribution in [0.15, 0.2) is 79.0 Å². The van der Waals surface area contributed by atoms with Crippen molar-refractivity contribution in [3.05, 3.63) is 95.1 Å². The number of hydroxylamine groups is 1. The van der Waals surface area contributed by atoms with Gasteiger partial charge in [-0.15, -0.1) is 11.3 Å². The van der Waals surface area contributed by atoms with Gasteiger partial charge in [0, 0.05) is 23.0 Å². The molecule has 5 N–H and O–H groups in total.